The summed E-state index contributed by atoms with van der Waals surface area (Å²) in [6.45, 7) is 2.00. The van der Waals surface area contributed by atoms with E-state index < -0.39 is 17.5 Å². The number of nitrogen functional groups attached to an aromatic ring is 1. The quantitative estimate of drug-likeness (QED) is 0.248. The first-order chi connectivity index (χ1) is 17.4. The summed E-state index contributed by atoms with van der Waals surface area (Å²) >= 11 is 5.98. The van der Waals surface area contributed by atoms with Crippen LogP contribution in [-0.2, 0) is 13.1 Å². The number of hydrogen-bond acceptors (Lipinski definition) is 8. The van der Waals surface area contributed by atoms with Crippen LogP contribution in [0.4, 0.5) is 5.69 Å². The van der Waals surface area contributed by atoms with Crippen LogP contribution in [0.25, 0.3) is 0 Å². The van der Waals surface area contributed by atoms with Crippen LogP contribution in [0.3, 0.4) is 0 Å². The van der Waals surface area contributed by atoms with Crippen LogP contribution in [-0.4, -0.2) is 20.0 Å². The van der Waals surface area contributed by atoms with Gasteiger partial charge in [0, 0.05) is 23.8 Å². The predicted octanol–water partition coefficient (Wildman–Crippen LogP) is 1.51. The lowest BCUT2D eigenvalue weighted by Crippen LogP contribution is -2.57. The summed E-state index contributed by atoms with van der Waals surface area (Å²) in [7, 11) is 0. The molecule has 36 heavy (non-hydrogen) atoms. The maximum Gasteiger partial charge on any atom is 0.353 e. The predicted molar refractivity (Wildman–Crippen MR) is 135 cm³/mol. The summed E-state index contributed by atoms with van der Waals surface area (Å²) < 4.78 is 9.09. The van der Waals surface area contributed by atoms with E-state index in [1.54, 1.807) is 73.8 Å². The molecule has 0 saturated heterocycles. The normalized spacial score (nSPS) is 15.7. The highest BCUT2D eigenvalue weighted by Crippen LogP contribution is 2.21. The highest BCUT2D eigenvalue weighted by atomic mass is 35.5. The third kappa shape index (κ3) is 5.39. The van der Waals surface area contributed by atoms with Gasteiger partial charge in [-0.25, -0.2) is 19.1 Å². The van der Waals surface area contributed by atoms with Crippen LogP contribution in [0.5, 0.6) is 5.75 Å². The van der Waals surface area contributed by atoms with Gasteiger partial charge in [-0.1, -0.05) is 29.0 Å². The Morgan fingerprint density at radius 1 is 1.06 bits per heavy atom. The number of nitrogens with zero attached hydrogens (tertiary/aromatic N) is 6. The van der Waals surface area contributed by atoms with Crippen LogP contribution in [0.1, 0.15) is 12.5 Å². The van der Waals surface area contributed by atoms with Gasteiger partial charge in [0.1, 0.15) is 11.5 Å². The van der Waals surface area contributed by atoms with Crippen molar-refractivity contribution in [2.45, 2.75) is 26.2 Å². The SMILES string of the molecule is CCn1c(=O)n(N)/c(=N\c2ccc(OC3=CC(N=NN)NC=C3)cc2)n(Cc2ccc(Cl)cc2)c1=O. The molecule has 2 aromatic carbocycles. The first kappa shape index (κ1) is 24.5. The molecule has 0 saturated carbocycles. The van der Waals surface area contributed by atoms with Gasteiger partial charge < -0.3 is 21.7 Å². The second kappa shape index (κ2) is 10.8. The molecular formula is C23H24ClN9O3. The summed E-state index contributed by atoms with van der Waals surface area (Å²) in [6.07, 6.45) is 4.70. The van der Waals surface area contributed by atoms with E-state index in [2.05, 4.69) is 20.6 Å². The van der Waals surface area contributed by atoms with Crippen molar-refractivity contribution in [1.29, 1.82) is 0 Å². The molecule has 4 rings (SSSR count). The van der Waals surface area contributed by atoms with E-state index in [1.807, 2.05) is 0 Å². The van der Waals surface area contributed by atoms with Gasteiger partial charge in [-0.3, -0.25) is 4.57 Å². The highest BCUT2D eigenvalue weighted by molar-refractivity contribution is 6.30. The van der Waals surface area contributed by atoms with Gasteiger partial charge in [0.2, 0.25) is 5.62 Å². The van der Waals surface area contributed by atoms with Crippen LogP contribution in [0, 0.1) is 0 Å². The summed E-state index contributed by atoms with van der Waals surface area (Å²) in [5.74, 6) is 12.3. The number of halogens is 1. The molecule has 1 unspecified atom stereocenters. The van der Waals surface area contributed by atoms with Gasteiger partial charge in [-0.15, -0.1) is 5.11 Å². The standard InChI is InChI=1S/C23H24ClN9O3/c1-2-31-22(34)32(14-15-3-5-16(24)6-4-15)21(33(26)23(31)35)28-17-7-9-18(10-8-17)36-19-11-12-27-20(13-19)29-30-25/h3-13,20,27H,2,14,26H2,1H3,(H2,25,29)/b28-21-. The monoisotopic (exact) mass is 509 g/mol. The fourth-order valence-electron chi connectivity index (χ4n) is 3.49. The van der Waals surface area contributed by atoms with Crippen molar-refractivity contribution in [3.05, 3.63) is 110 Å². The minimum atomic E-state index is -0.664. The molecule has 5 N–H and O–H groups in total. The van der Waals surface area contributed by atoms with Crippen molar-refractivity contribution in [3.63, 3.8) is 0 Å². The van der Waals surface area contributed by atoms with Crippen molar-refractivity contribution in [1.82, 2.24) is 19.1 Å². The van der Waals surface area contributed by atoms with E-state index in [0.29, 0.717) is 22.2 Å². The molecule has 0 amide bonds. The van der Waals surface area contributed by atoms with Crippen molar-refractivity contribution in [3.8, 4) is 5.75 Å². The third-order valence-electron chi connectivity index (χ3n) is 5.26. The average molecular weight is 510 g/mol. The molecule has 13 heteroatoms. The van der Waals surface area contributed by atoms with Crippen molar-refractivity contribution >= 4 is 17.3 Å². The molecule has 0 radical (unpaired) electrons. The van der Waals surface area contributed by atoms with E-state index in [-0.39, 0.29) is 18.7 Å². The lowest BCUT2D eigenvalue weighted by atomic mass is 10.2. The van der Waals surface area contributed by atoms with Crippen molar-refractivity contribution < 1.29 is 4.74 Å². The molecule has 0 spiro atoms. The topological polar surface area (TPSA) is 159 Å². The molecular weight excluding hydrogens is 486 g/mol. The second-order valence-electron chi connectivity index (χ2n) is 7.64. The molecule has 1 aromatic heterocycles. The number of nitrogens with two attached hydrogens (primary N) is 2. The van der Waals surface area contributed by atoms with Gasteiger partial charge in [-0.05, 0) is 55.0 Å². The smallest absolute Gasteiger partial charge is 0.353 e. The molecule has 2 heterocycles. The third-order valence-corrected chi connectivity index (χ3v) is 5.51. The largest absolute Gasteiger partial charge is 0.458 e. The summed E-state index contributed by atoms with van der Waals surface area (Å²) in [5, 5.41) is 10.6. The molecule has 12 nitrogen and oxygen atoms in total. The van der Waals surface area contributed by atoms with E-state index in [9.17, 15) is 9.59 Å². The maximum absolute atomic E-state index is 13.1. The van der Waals surface area contributed by atoms with Crippen LogP contribution >= 0.6 is 11.6 Å². The molecule has 0 fully saturated rings. The maximum atomic E-state index is 13.1. The Bertz CT molecular complexity index is 1510. The summed E-state index contributed by atoms with van der Waals surface area (Å²) in [5.41, 5.74) is 0.0641. The number of hydrogen-bond donors (Lipinski definition) is 3. The Kier molecular flexibility index (Phi) is 7.35. The van der Waals surface area contributed by atoms with Gasteiger partial charge in [0.25, 0.3) is 0 Å². The number of nitrogens with one attached hydrogen (secondary N) is 1. The van der Waals surface area contributed by atoms with Gasteiger partial charge >= 0.3 is 11.4 Å². The van der Waals surface area contributed by atoms with E-state index in [1.165, 1.54) is 4.57 Å². The number of dihydropyridines is 1. The van der Waals surface area contributed by atoms with E-state index in [0.717, 1.165) is 14.8 Å². The highest BCUT2D eigenvalue weighted by Gasteiger charge is 2.13. The summed E-state index contributed by atoms with van der Waals surface area (Å²) in [6, 6.07) is 13.8. The number of ether oxygens (including phenoxy) is 1. The lowest BCUT2D eigenvalue weighted by molar-refractivity contribution is 0.432. The number of rotatable bonds is 7. The number of aromatic nitrogens is 3. The van der Waals surface area contributed by atoms with Gasteiger partial charge in [0.05, 0.1) is 12.2 Å². The molecule has 1 aliphatic heterocycles. The molecule has 0 aliphatic carbocycles. The lowest BCUT2D eigenvalue weighted by Gasteiger charge is -2.15. The zero-order valence-electron chi connectivity index (χ0n) is 19.3. The van der Waals surface area contributed by atoms with E-state index in [4.69, 9.17) is 28.0 Å². The Hall–Kier alpha value is -4.58. The minimum absolute atomic E-state index is 0.00250. The molecule has 1 atom stereocenters. The Morgan fingerprint density at radius 3 is 2.44 bits per heavy atom. The average Bonchev–Trinajstić information content (AvgIpc) is 2.88. The van der Waals surface area contributed by atoms with E-state index >= 15 is 0 Å². The zero-order valence-corrected chi connectivity index (χ0v) is 20.0. The molecule has 1 aliphatic rings. The first-order valence-corrected chi connectivity index (χ1v) is 11.3. The molecule has 3 aromatic rings. The van der Waals surface area contributed by atoms with Crippen molar-refractivity contribution in [2.24, 2.45) is 21.2 Å². The number of benzene rings is 2. The Balaban J connectivity index is 1.70. The first-order valence-electron chi connectivity index (χ1n) is 10.9. The summed E-state index contributed by atoms with van der Waals surface area (Å²) in [4.78, 5) is 30.3. The van der Waals surface area contributed by atoms with Crippen molar-refractivity contribution in [2.75, 3.05) is 5.84 Å². The second-order valence-corrected chi connectivity index (χ2v) is 8.08. The Morgan fingerprint density at radius 2 is 1.78 bits per heavy atom. The number of allylic oxidation sites excluding steroid dienone is 1. The molecule has 0 bridgehead atoms. The van der Waals surface area contributed by atoms with Gasteiger partial charge in [-0.2, -0.15) is 4.68 Å². The minimum Gasteiger partial charge on any atom is -0.458 e. The zero-order chi connectivity index (χ0) is 25.7. The Labute approximate surface area is 210 Å². The molecule has 186 valence electrons. The van der Waals surface area contributed by atoms with Crippen LogP contribution < -0.4 is 38.7 Å². The van der Waals surface area contributed by atoms with Gasteiger partial charge in [0.15, 0.2) is 6.17 Å². The van der Waals surface area contributed by atoms with Crippen LogP contribution in [0.15, 0.2) is 97.6 Å². The van der Waals surface area contributed by atoms with Crippen LogP contribution in [0.2, 0.25) is 5.02 Å². The fourth-order valence-corrected chi connectivity index (χ4v) is 3.62. The fraction of sp³-hybridized carbons (Fsp3) is 0.174.